The normalized spacial score (nSPS) is 13.4. The average molecular weight is 773 g/mol. The third-order valence-corrected chi connectivity index (χ3v) is 10.9. The monoisotopic (exact) mass is 773 g/mol. The van der Waals surface area contributed by atoms with Gasteiger partial charge in [0.2, 0.25) is 0 Å². The van der Waals surface area contributed by atoms with Crippen molar-refractivity contribution in [2.75, 3.05) is 19.8 Å². The van der Waals surface area contributed by atoms with Gasteiger partial charge in [-0.15, -0.1) is 0 Å². The van der Waals surface area contributed by atoms with Crippen molar-refractivity contribution in [3.05, 3.63) is 12.2 Å². The minimum absolute atomic E-state index is 0.00210. The molecular formula is C44H85O8P. The molecule has 2 atom stereocenters. The van der Waals surface area contributed by atoms with Crippen molar-refractivity contribution in [1.82, 2.24) is 0 Å². The van der Waals surface area contributed by atoms with Gasteiger partial charge in [-0.25, -0.2) is 4.57 Å². The van der Waals surface area contributed by atoms with E-state index in [1.54, 1.807) is 6.92 Å². The number of ether oxygens (including phenoxy) is 2. The van der Waals surface area contributed by atoms with Crippen LogP contribution >= 0.6 is 7.82 Å². The molecule has 0 aromatic rings. The van der Waals surface area contributed by atoms with Crippen molar-refractivity contribution >= 4 is 19.8 Å². The lowest BCUT2D eigenvalue weighted by Crippen LogP contribution is -2.29. The molecule has 8 nitrogen and oxygen atoms in total. The summed E-state index contributed by atoms with van der Waals surface area (Å²) in [5.41, 5.74) is 0. The first-order valence-electron chi connectivity index (χ1n) is 22.5. The van der Waals surface area contributed by atoms with Crippen LogP contribution < -0.4 is 0 Å². The fourth-order valence-electron chi connectivity index (χ4n) is 6.51. The van der Waals surface area contributed by atoms with Crippen LogP contribution in [0.15, 0.2) is 12.2 Å². The highest BCUT2D eigenvalue weighted by atomic mass is 31.2. The van der Waals surface area contributed by atoms with Gasteiger partial charge in [-0.1, -0.05) is 187 Å². The van der Waals surface area contributed by atoms with Crippen molar-refractivity contribution in [3.8, 4) is 0 Å². The summed E-state index contributed by atoms with van der Waals surface area (Å²) in [6, 6.07) is 0. The second-order valence-electron chi connectivity index (χ2n) is 15.1. The van der Waals surface area contributed by atoms with Crippen LogP contribution in [0.1, 0.15) is 233 Å². The molecule has 0 amide bonds. The van der Waals surface area contributed by atoms with E-state index in [9.17, 15) is 19.0 Å². The van der Waals surface area contributed by atoms with Crippen molar-refractivity contribution in [3.63, 3.8) is 0 Å². The lowest BCUT2D eigenvalue weighted by Gasteiger charge is -2.19. The molecule has 0 fully saturated rings. The summed E-state index contributed by atoms with van der Waals surface area (Å²) < 4.78 is 32.7. The zero-order valence-corrected chi connectivity index (χ0v) is 35.8. The Morgan fingerprint density at radius 1 is 0.491 bits per heavy atom. The minimum atomic E-state index is -4.28. The summed E-state index contributed by atoms with van der Waals surface area (Å²) in [6.45, 7) is 5.50. The number of hydrogen-bond acceptors (Lipinski definition) is 7. The molecule has 0 aliphatic heterocycles. The molecule has 0 aliphatic carbocycles. The maximum absolute atomic E-state index is 12.6. The van der Waals surface area contributed by atoms with Crippen LogP contribution in [0.25, 0.3) is 0 Å². The van der Waals surface area contributed by atoms with Gasteiger partial charge in [0, 0.05) is 12.8 Å². The molecule has 0 aromatic carbocycles. The van der Waals surface area contributed by atoms with E-state index < -0.39 is 26.5 Å². The summed E-state index contributed by atoms with van der Waals surface area (Å²) in [5, 5.41) is 0. The number of phosphoric ester groups is 1. The number of carbonyl (C=O) groups excluding carboxylic acids is 2. The van der Waals surface area contributed by atoms with Crippen LogP contribution in [0.3, 0.4) is 0 Å². The Kier molecular flexibility index (Phi) is 39.5. The molecule has 0 rings (SSSR count). The Labute approximate surface area is 327 Å². The number of rotatable bonds is 42. The van der Waals surface area contributed by atoms with Gasteiger partial charge in [0.1, 0.15) is 6.61 Å². The summed E-state index contributed by atoms with van der Waals surface area (Å²) in [6.07, 6.45) is 42.6. The smallest absolute Gasteiger partial charge is 0.462 e. The highest BCUT2D eigenvalue weighted by Gasteiger charge is 2.25. The van der Waals surface area contributed by atoms with Crippen molar-refractivity contribution < 1.29 is 37.6 Å². The van der Waals surface area contributed by atoms with Crippen LogP contribution in [0, 0.1) is 0 Å². The summed E-state index contributed by atoms with van der Waals surface area (Å²) in [7, 11) is -4.28. The summed E-state index contributed by atoms with van der Waals surface area (Å²) in [4.78, 5) is 34.8. The Hall–Kier alpha value is -1.21. The van der Waals surface area contributed by atoms with Gasteiger partial charge in [0.05, 0.1) is 13.2 Å². The Balaban J connectivity index is 4.04. The second-order valence-corrected chi connectivity index (χ2v) is 16.5. The zero-order valence-electron chi connectivity index (χ0n) is 34.9. The van der Waals surface area contributed by atoms with Gasteiger partial charge in [-0.05, 0) is 45.4 Å². The first-order chi connectivity index (χ1) is 25.8. The molecule has 2 unspecified atom stereocenters. The van der Waals surface area contributed by atoms with Crippen LogP contribution in [0.4, 0.5) is 0 Å². The van der Waals surface area contributed by atoms with E-state index in [4.69, 9.17) is 18.5 Å². The highest BCUT2D eigenvalue weighted by molar-refractivity contribution is 7.47. The number of esters is 2. The molecule has 9 heteroatoms. The number of allylic oxidation sites excluding steroid dienone is 2. The van der Waals surface area contributed by atoms with E-state index in [1.807, 2.05) is 0 Å². The van der Waals surface area contributed by atoms with Crippen molar-refractivity contribution in [2.24, 2.45) is 0 Å². The molecule has 0 saturated heterocycles. The zero-order chi connectivity index (χ0) is 38.9. The molecule has 1 N–H and O–H groups in total. The predicted molar refractivity (Wildman–Crippen MR) is 221 cm³/mol. The predicted octanol–water partition coefficient (Wildman–Crippen LogP) is 14.1. The Morgan fingerprint density at radius 2 is 0.849 bits per heavy atom. The quantitative estimate of drug-likeness (QED) is 0.0283. The lowest BCUT2D eigenvalue weighted by atomic mass is 10.0. The molecule has 0 aromatic heterocycles. The number of unbranched alkanes of at least 4 members (excludes halogenated alkanes) is 28. The van der Waals surface area contributed by atoms with Gasteiger partial charge >= 0.3 is 19.8 Å². The fraction of sp³-hybridized carbons (Fsp3) is 0.909. The molecule has 53 heavy (non-hydrogen) atoms. The first kappa shape index (κ1) is 51.8. The lowest BCUT2D eigenvalue weighted by molar-refractivity contribution is -0.161. The summed E-state index contributed by atoms with van der Waals surface area (Å²) in [5.74, 6) is -0.794. The third kappa shape index (κ3) is 40.3. The van der Waals surface area contributed by atoms with E-state index in [0.29, 0.717) is 12.8 Å². The molecule has 0 heterocycles. The molecule has 314 valence electrons. The van der Waals surface area contributed by atoms with Gasteiger partial charge in [0.15, 0.2) is 6.10 Å². The summed E-state index contributed by atoms with van der Waals surface area (Å²) >= 11 is 0. The van der Waals surface area contributed by atoms with Crippen LogP contribution in [0.5, 0.6) is 0 Å². The molecule has 0 aliphatic rings. The largest absolute Gasteiger partial charge is 0.472 e. The van der Waals surface area contributed by atoms with Crippen LogP contribution in [-0.4, -0.2) is 42.8 Å². The average Bonchev–Trinajstić information content (AvgIpc) is 3.13. The number of hydrogen-bond donors (Lipinski definition) is 1. The van der Waals surface area contributed by atoms with Gasteiger partial charge in [0.25, 0.3) is 0 Å². The van der Waals surface area contributed by atoms with Crippen molar-refractivity contribution in [1.29, 1.82) is 0 Å². The highest BCUT2D eigenvalue weighted by Crippen LogP contribution is 2.43. The Morgan fingerprint density at radius 3 is 1.25 bits per heavy atom. The first-order valence-corrected chi connectivity index (χ1v) is 24.0. The van der Waals surface area contributed by atoms with E-state index in [0.717, 1.165) is 51.4 Å². The van der Waals surface area contributed by atoms with E-state index in [1.165, 1.54) is 141 Å². The molecule has 0 saturated carbocycles. The minimum Gasteiger partial charge on any atom is -0.462 e. The fourth-order valence-corrected chi connectivity index (χ4v) is 7.26. The molecule has 0 radical (unpaired) electrons. The van der Waals surface area contributed by atoms with Crippen LogP contribution in [0.2, 0.25) is 0 Å². The number of phosphoric acid groups is 1. The van der Waals surface area contributed by atoms with Gasteiger partial charge in [-0.2, -0.15) is 0 Å². The standard InChI is InChI=1S/C44H85O8P/c1-4-7-9-11-13-15-17-19-21-23-25-26-28-30-32-34-36-38-43(45)49-40-42(41-51-53(47,48)50-6-3)52-44(46)39-37-35-33-31-29-27-24-22-20-18-16-14-12-10-8-5-2/h22,24,42H,4-21,23,25-41H2,1-3H3,(H,47,48)/b24-22-. The molecule has 0 bridgehead atoms. The van der Waals surface area contributed by atoms with E-state index in [-0.39, 0.29) is 25.6 Å². The van der Waals surface area contributed by atoms with Gasteiger partial charge < -0.3 is 14.4 Å². The number of carbonyl (C=O) groups is 2. The van der Waals surface area contributed by atoms with Crippen LogP contribution in [-0.2, 0) is 32.7 Å². The van der Waals surface area contributed by atoms with E-state index in [2.05, 4.69) is 26.0 Å². The maximum atomic E-state index is 12.6. The van der Waals surface area contributed by atoms with Gasteiger partial charge in [-0.3, -0.25) is 18.6 Å². The topological polar surface area (TPSA) is 108 Å². The third-order valence-electron chi connectivity index (χ3n) is 9.82. The maximum Gasteiger partial charge on any atom is 0.472 e. The molecule has 0 spiro atoms. The molecular weight excluding hydrogens is 687 g/mol. The second kappa shape index (κ2) is 40.5. The van der Waals surface area contributed by atoms with E-state index >= 15 is 0 Å². The Bertz CT molecular complexity index is 879. The SMILES string of the molecule is CCCCCCCCC/C=C\CCCCCCCC(=O)OC(COC(=O)CCCCCCCCCCCCCCCCCCC)COP(=O)(O)OCC. The van der Waals surface area contributed by atoms with Crippen molar-refractivity contribution in [2.45, 2.75) is 239 Å².